The van der Waals surface area contributed by atoms with Gasteiger partial charge in [0.05, 0.1) is 13.1 Å². The van der Waals surface area contributed by atoms with E-state index in [4.69, 9.17) is 9.73 Å². The Balaban J connectivity index is 0.00000243. The second-order valence-electron chi connectivity index (χ2n) is 6.12. The number of hydrogen-bond donors (Lipinski definition) is 1. The number of aromatic nitrogens is 2. The third kappa shape index (κ3) is 5.82. The van der Waals surface area contributed by atoms with Crippen LogP contribution in [0.15, 0.2) is 47.7 Å². The van der Waals surface area contributed by atoms with Crippen LogP contribution in [0.25, 0.3) is 0 Å². The number of likely N-dealkylation sites (tertiary alicyclic amines) is 1. The van der Waals surface area contributed by atoms with Gasteiger partial charge in [0.15, 0.2) is 5.96 Å². The lowest BCUT2D eigenvalue weighted by Gasteiger charge is -2.21. The highest BCUT2D eigenvalue weighted by atomic mass is 127. The summed E-state index contributed by atoms with van der Waals surface area (Å²) in [5.74, 6) is 1.61. The van der Waals surface area contributed by atoms with E-state index >= 15 is 0 Å². The molecule has 1 atom stereocenters. The molecular weight excluding hydrogens is 441 g/mol. The standard InChI is InChI=1S/C19H25N5O.HI/c1-3-20-19(23-13-16-8-7-15(2)22-12-16)24-11-9-17(14-24)25-18-6-4-5-10-21-18;/h4-8,10,12,17H,3,9,11,13-14H2,1-2H3,(H,20,23);1H. The number of hydrogen-bond acceptors (Lipinski definition) is 4. The van der Waals surface area contributed by atoms with Crippen molar-refractivity contribution >= 4 is 29.9 Å². The summed E-state index contributed by atoms with van der Waals surface area (Å²) in [6.45, 7) is 7.28. The highest BCUT2D eigenvalue weighted by molar-refractivity contribution is 14.0. The molecule has 0 aromatic carbocycles. The van der Waals surface area contributed by atoms with Gasteiger partial charge >= 0.3 is 0 Å². The van der Waals surface area contributed by atoms with E-state index in [1.807, 2.05) is 37.4 Å². The van der Waals surface area contributed by atoms with E-state index in [1.165, 1.54) is 0 Å². The number of nitrogens with one attached hydrogen (secondary N) is 1. The van der Waals surface area contributed by atoms with Gasteiger partial charge in [-0.25, -0.2) is 9.98 Å². The van der Waals surface area contributed by atoms with Crippen LogP contribution < -0.4 is 10.1 Å². The predicted octanol–water partition coefficient (Wildman–Crippen LogP) is 3.02. The molecule has 1 aliphatic heterocycles. The zero-order valence-electron chi connectivity index (χ0n) is 15.3. The molecule has 1 aliphatic rings. The molecule has 2 aromatic heterocycles. The molecule has 0 amide bonds. The molecule has 6 nitrogen and oxygen atoms in total. The highest BCUT2D eigenvalue weighted by Crippen LogP contribution is 2.16. The SMILES string of the molecule is CCNC(=NCc1ccc(C)nc1)N1CCC(Oc2ccccn2)C1.I. The molecule has 1 fully saturated rings. The van der Waals surface area contributed by atoms with Gasteiger partial charge in [-0.3, -0.25) is 4.98 Å². The number of rotatable bonds is 5. The maximum absolute atomic E-state index is 5.96. The lowest BCUT2D eigenvalue weighted by molar-refractivity contribution is 0.205. The Kier molecular flexibility index (Phi) is 8.08. The molecule has 140 valence electrons. The average Bonchev–Trinajstić information content (AvgIpc) is 3.09. The summed E-state index contributed by atoms with van der Waals surface area (Å²) in [6, 6.07) is 9.82. The van der Waals surface area contributed by atoms with Gasteiger partial charge < -0.3 is 15.0 Å². The van der Waals surface area contributed by atoms with Crippen LogP contribution in [0.5, 0.6) is 5.88 Å². The van der Waals surface area contributed by atoms with Crippen molar-refractivity contribution in [2.75, 3.05) is 19.6 Å². The third-order valence-electron chi connectivity index (χ3n) is 4.09. The molecule has 2 aromatic rings. The number of aryl methyl sites for hydroxylation is 1. The minimum absolute atomic E-state index is 0. The van der Waals surface area contributed by atoms with Crippen molar-refractivity contribution in [1.29, 1.82) is 0 Å². The number of guanidine groups is 1. The third-order valence-corrected chi connectivity index (χ3v) is 4.09. The largest absolute Gasteiger partial charge is 0.472 e. The predicted molar refractivity (Wildman–Crippen MR) is 114 cm³/mol. The first-order valence-corrected chi connectivity index (χ1v) is 8.77. The van der Waals surface area contributed by atoms with E-state index in [-0.39, 0.29) is 30.1 Å². The Labute approximate surface area is 172 Å². The van der Waals surface area contributed by atoms with E-state index in [9.17, 15) is 0 Å². The summed E-state index contributed by atoms with van der Waals surface area (Å²) in [7, 11) is 0. The van der Waals surface area contributed by atoms with E-state index in [0.29, 0.717) is 12.4 Å². The smallest absolute Gasteiger partial charge is 0.213 e. The van der Waals surface area contributed by atoms with Crippen molar-refractivity contribution < 1.29 is 4.74 Å². The number of aliphatic imine (C=N–C) groups is 1. The van der Waals surface area contributed by atoms with E-state index in [0.717, 1.165) is 43.3 Å². The van der Waals surface area contributed by atoms with Crippen molar-refractivity contribution in [2.24, 2.45) is 4.99 Å². The zero-order valence-corrected chi connectivity index (χ0v) is 17.6. The molecule has 26 heavy (non-hydrogen) atoms. The van der Waals surface area contributed by atoms with Gasteiger partial charge in [-0.2, -0.15) is 0 Å². The molecule has 1 unspecified atom stereocenters. The van der Waals surface area contributed by atoms with Crippen LogP contribution in [0.4, 0.5) is 0 Å². The van der Waals surface area contributed by atoms with E-state index in [2.05, 4.69) is 33.2 Å². The molecule has 1 saturated heterocycles. The van der Waals surface area contributed by atoms with Crippen LogP contribution in [-0.4, -0.2) is 46.6 Å². The van der Waals surface area contributed by atoms with Gasteiger partial charge in [-0.05, 0) is 31.5 Å². The van der Waals surface area contributed by atoms with Crippen LogP contribution >= 0.6 is 24.0 Å². The van der Waals surface area contributed by atoms with Gasteiger partial charge in [0, 0.05) is 43.7 Å². The zero-order chi connectivity index (χ0) is 17.5. The minimum Gasteiger partial charge on any atom is -0.472 e. The van der Waals surface area contributed by atoms with E-state index in [1.54, 1.807) is 6.20 Å². The Morgan fingerprint density at radius 3 is 2.88 bits per heavy atom. The average molecular weight is 467 g/mol. The molecule has 0 radical (unpaired) electrons. The maximum Gasteiger partial charge on any atom is 0.213 e. The second kappa shape index (κ2) is 10.3. The van der Waals surface area contributed by atoms with Crippen LogP contribution in [0.2, 0.25) is 0 Å². The van der Waals surface area contributed by atoms with Crippen molar-refractivity contribution in [3.8, 4) is 5.88 Å². The quantitative estimate of drug-likeness (QED) is 0.416. The summed E-state index contributed by atoms with van der Waals surface area (Å²) in [6.07, 6.45) is 4.75. The second-order valence-corrected chi connectivity index (χ2v) is 6.12. The molecular formula is C19H26IN5O. The molecule has 3 heterocycles. The van der Waals surface area contributed by atoms with Crippen LogP contribution in [0.3, 0.4) is 0 Å². The normalized spacial score (nSPS) is 16.9. The molecule has 0 bridgehead atoms. The summed E-state index contributed by atoms with van der Waals surface area (Å²) in [4.78, 5) is 15.6. The lowest BCUT2D eigenvalue weighted by Crippen LogP contribution is -2.41. The number of halogens is 1. The molecule has 7 heteroatoms. The molecule has 0 aliphatic carbocycles. The molecule has 0 saturated carbocycles. The maximum atomic E-state index is 5.96. The highest BCUT2D eigenvalue weighted by Gasteiger charge is 2.26. The first-order chi connectivity index (χ1) is 12.2. The first kappa shape index (κ1) is 20.4. The topological polar surface area (TPSA) is 62.6 Å². The minimum atomic E-state index is 0. The Bertz CT molecular complexity index is 693. The number of ether oxygens (including phenoxy) is 1. The summed E-state index contributed by atoms with van der Waals surface area (Å²) >= 11 is 0. The first-order valence-electron chi connectivity index (χ1n) is 8.77. The Morgan fingerprint density at radius 1 is 1.31 bits per heavy atom. The fraction of sp³-hybridized carbons (Fsp3) is 0.421. The monoisotopic (exact) mass is 467 g/mol. The van der Waals surface area contributed by atoms with Gasteiger partial charge in [0.25, 0.3) is 0 Å². The lowest BCUT2D eigenvalue weighted by atomic mass is 10.2. The summed E-state index contributed by atoms with van der Waals surface area (Å²) in [5.41, 5.74) is 2.13. The van der Waals surface area contributed by atoms with Crippen molar-refractivity contribution in [3.05, 3.63) is 54.0 Å². The van der Waals surface area contributed by atoms with Crippen LogP contribution in [0.1, 0.15) is 24.6 Å². The fourth-order valence-electron chi connectivity index (χ4n) is 2.79. The van der Waals surface area contributed by atoms with Gasteiger partial charge in [-0.1, -0.05) is 12.1 Å². The fourth-order valence-corrected chi connectivity index (χ4v) is 2.79. The number of nitrogens with zero attached hydrogens (tertiary/aromatic N) is 4. The molecule has 1 N–H and O–H groups in total. The Morgan fingerprint density at radius 2 is 2.19 bits per heavy atom. The van der Waals surface area contributed by atoms with E-state index < -0.39 is 0 Å². The van der Waals surface area contributed by atoms with Crippen molar-refractivity contribution in [2.45, 2.75) is 32.9 Å². The molecule has 0 spiro atoms. The molecule has 3 rings (SSSR count). The van der Waals surface area contributed by atoms with Crippen LogP contribution in [-0.2, 0) is 6.54 Å². The van der Waals surface area contributed by atoms with Crippen LogP contribution in [0, 0.1) is 6.92 Å². The van der Waals surface area contributed by atoms with Crippen molar-refractivity contribution in [3.63, 3.8) is 0 Å². The van der Waals surface area contributed by atoms with Gasteiger partial charge in [0.1, 0.15) is 6.10 Å². The summed E-state index contributed by atoms with van der Waals surface area (Å²) in [5, 5.41) is 3.37. The van der Waals surface area contributed by atoms with Gasteiger partial charge in [0.2, 0.25) is 5.88 Å². The number of pyridine rings is 2. The van der Waals surface area contributed by atoms with Gasteiger partial charge in [-0.15, -0.1) is 24.0 Å². The summed E-state index contributed by atoms with van der Waals surface area (Å²) < 4.78 is 5.96. The Hall–Kier alpha value is -1.90. The van der Waals surface area contributed by atoms with Crippen molar-refractivity contribution in [1.82, 2.24) is 20.2 Å².